The fraction of sp³-hybridized carbons (Fsp3) is 0.357. The second kappa shape index (κ2) is 5.23. The first kappa shape index (κ1) is 12.6. The van der Waals surface area contributed by atoms with Gasteiger partial charge in [-0.15, -0.1) is 0 Å². The zero-order valence-electron chi connectivity index (χ0n) is 11.1. The molecule has 0 bridgehead atoms. The Morgan fingerprint density at radius 3 is 2.44 bits per heavy atom. The van der Waals surface area contributed by atoms with Crippen molar-refractivity contribution in [1.82, 2.24) is 9.55 Å². The van der Waals surface area contributed by atoms with Crippen LogP contribution < -0.4 is 10.5 Å². The van der Waals surface area contributed by atoms with Crippen molar-refractivity contribution in [3.05, 3.63) is 36.2 Å². The standard InChI is InChI=1S/C14H19N3O/c1-10(2)18-13-6-4-11(5-7-13)14-16-9-12(8-15)17(14)3/h4-7,9-10H,8,15H2,1-3H3. The Morgan fingerprint density at radius 1 is 1.28 bits per heavy atom. The molecule has 2 rings (SSSR count). The predicted octanol–water partition coefficient (Wildman–Crippen LogP) is 2.33. The average Bonchev–Trinajstić information content (AvgIpc) is 2.71. The lowest BCUT2D eigenvalue weighted by Gasteiger charge is -2.10. The number of imidazole rings is 1. The maximum Gasteiger partial charge on any atom is 0.139 e. The monoisotopic (exact) mass is 245 g/mol. The fourth-order valence-electron chi connectivity index (χ4n) is 1.86. The molecule has 2 aromatic rings. The summed E-state index contributed by atoms with van der Waals surface area (Å²) in [6, 6.07) is 7.96. The number of nitrogens with two attached hydrogens (primary N) is 1. The van der Waals surface area contributed by atoms with Crippen LogP contribution in [-0.2, 0) is 13.6 Å². The van der Waals surface area contributed by atoms with E-state index in [1.807, 2.05) is 55.9 Å². The number of nitrogens with zero attached hydrogens (tertiary/aromatic N) is 2. The van der Waals surface area contributed by atoms with Gasteiger partial charge in [-0.2, -0.15) is 0 Å². The lowest BCUT2D eigenvalue weighted by molar-refractivity contribution is 0.242. The highest BCUT2D eigenvalue weighted by molar-refractivity contribution is 5.57. The first-order valence-corrected chi connectivity index (χ1v) is 6.09. The highest BCUT2D eigenvalue weighted by Crippen LogP contribution is 2.22. The summed E-state index contributed by atoms with van der Waals surface area (Å²) >= 11 is 0. The minimum Gasteiger partial charge on any atom is -0.491 e. The number of benzene rings is 1. The maximum absolute atomic E-state index is 5.64. The molecule has 0 radical (unpaired) electrons. The fourth-order valence-corrected chi connectivity index (χ4v) is 1.86. The van der Waals surface area contributed by atoms with Gasteiger partial charge in [0, 0.05) is 19.2 Å². The van der Waals surface area contributed by atoms with Crippen molar-refractivity contribution in [2.75, 3.05) is 0 Å². The molecule has 0 spiro atoms. The molecule has 2 N–H and O–H groups in total. The Hall–Kier alpha value is -1.81. The maximum atomic E-state index is 5.64. The summed E-state index contributed by atoms with van der Waals surface area (Å²) in [6.45, 7) is 4.53. The van der Waals surface area contributed by atoms with E-state index in [1.165, 1.54) is 0 Å². The molecule has 0 fully saturated rings. The summed E-state index contributed by atoms with van der Waals surface area (Å²) in [4.78, 5) is 4.39. The van der Waals surface area contributed by atoms with Crippen LogP contribution in [0.1, 0.15) is 19.5 Å². The van der Waals surface area contributed by atoms with Gasteiger partial charge in [-0.25, -0.2) is 4.98 Å². The Kier molecular flexibility index (Phi) is 3.67. The molecular formula is C14H19N3O. The molecule has 1 aromatic carbocycles. The zero-order valence-corrected chi connectivity index (χ0v) is 11.1. The first-order valence-electron chi connectivity index (χ1n) is 6.09. The normalized spacial score (nSPS) is 10.9. The Balaban J connectivity index is 2.26. The molecule has 1 aromatic heterocycles. The van der Waals surface area contributed by atoms with Crippen LogP contribution in [0.25, 0.3) is 11.4 Å². The van der Waals surface area contributed by atoms with Gasteiger partial charge in [0.15, 0.2) is 0 Å². The third-order valence-electron chi connectivity index (χ3n) is 2.78. The van der Waals surface area contributed by atoms with E-state index in [4.69, 9.17) is 10.5 Å². The molecule has 4 nitrogen and oxygen atoms in total. The summed E-state index contributed by atoms with van der Waals surface area (Å²) in [7, 11) is 1.98. The summed E-state index contributed by atoms with van der Waals surface area (Å²) in [5.41, 5.74) is 7.72. The van der Waals surface area contributed by atoms with Crippen molar-refractivity contribution in [2.45, 2.75) is 26.5 Å². The average molecular weight is 245 g/mol. The van der Waals surface area contributed by atoms with Gasteiger partial charge in [-0.1, -0.05) is 0 Å². The molecular weight excluding hydrogens is 226 g/mol. The number of rotatable bonds is 4. The summed E-state index contributed by atoms with van der Waals surface area (Å²) in [6.07, 6.45) is 2.00. The van der Waals surface area contributed by atoms with Crippen molar-refractivity contribution >= 4 is 0 Å². The molecule has 96 valence electrons. The van der Waals surface area contributed by atoms with Crippen molar-refractivity contribution in [3.8, 4) is 17.1 Å². The van der Waals surface area contributed by atoms with Gasteiger partial charge < -0.3 is 15.0 Å². The van der Waals surface area contributed by atoms with Gasteiger partial charge in [0.2, 0.25) is 0 Å². The highest BCUT2D eigenvalue weighted by Gasteiger charge is 2.07. The van der Waals surface area contributed by atoms with Crippen LogP contribution in [-0.4, -0.2) is 15.7 Å². The highest BCUT2D eigenvalue weighted by atomic mass is 16.5. The van der Waals surface area contributed by atoms with Gasteiger partial charge in [0.25, 0.3) is 0 Å². The molecule has 18 heavy (non-hydrogen) atoms. The van der Waals surface area contributed by atoms with Crippen molar-refractivity contribution in [3.63, 3.8) is 0 Å². The van der Waals surface area contributed by atoms with E-state index in [-0.39, 0.29) is 6.10 Å². The van der Waals surface area contributed by atoms with Gasteiger partial charge >= 0.3 is 0 Å². The molecule has 1 heterocycles. The Labute approximate surface area is 107 Å². The van der Waals surface area contributed by atoms with E-state index in [2.05, 4.69) is 4.98 Å². The van der Waals surface area contributed by atoms with E-state index in [1.54, 1.807) is 0 Å². The number of aromatic nitrogens is 2. The van der Waals surface area contributed by atoms with Crippen LogP contribution in [0.4, 0.5) is 0 Å². The van der Waals surface area contributed by atoms with Crippen LogP contribution in [0.3, 0.4) is 0 Å². The van der Waals surface area contributed by atoms with E-state index in [0.717, 1.165) is 22.8 Å². The third-order valence-corrected chi connectivity index (χ3v) is 2.78. The van der Waals surface area contributed by atoms with E-state index in [9.17, 15) is 0 Å². The van der Waals surface area contributed by atoms with Crippen LogP contribution in [0.5, 0.6) is 5.75 Å². The minimum atomic E-state index is 0.188. The third kappa shape index (κ3) is 2.54. The topological polar surface area (TPSA) is 53.1 Å². The lowest BCUT2D eigenvalue weighted by atomic mass is 10.2. The molecule has 0 atom stereocenters. The second-order valence-corrected chi connectivity index (χ2v) is 4.53. The largest absolute Gasteiger partial charge is 0.491 e. The summed E-state index contributed by atoms with van der Waals surface area (Å²) in [5, 5.41) is 0. The van der Waals surface area contributed by atoms with Crippen LogP contribution in [0.15, 0.2) is 30.5 Å². The predicted molar refractivity (Wildman–Crippen MR) is 72.3 cm³/mol. The van der Waals surface area contributed by atoms with Crippen molar-refractivity contribution in [2.24, 2.45) is 12.8 Å². The van der Waals surface area contributed by atoms with E-state index in [0.29, 0.717) is 6.54 Å². The Morgan fingerprint density at radius 2 is 1.94 bits per heavy atom. The van der Waals surface area contributed by atoms with Gasteiger partial charge in [-0.3, -0.25) is 0 Å². The smallest absolute Gasteiger partial charge is 0.139 e. The van der Waals surface area contributed by atoms with Crippen molar-refractivity contribution < 1.29 is 4.74 Å². The molecule has 0 saturated carbocycles. The summed E-state index contributed by atoms with van der Waals surface area (Å²) < 4.78 is 7.63. The molecule has 0 aliphatic rings. The second-order valence-electron chi connectivity index (χ2n) is 4.53. The number of hydrogen-bond donors (Lipinski definition) is 1. The SMILES string of the molecule is CC(C)Oc1ccc(-c2ncc(CN)n2C)cc1. The molecule has 0 aliphatic carbocycles. The quantitative estimate of drug-likeness (QED) is 0.899. The van der Waals surface area contributed by atoms with Gasteiger partial charge in [0.05, 0.1) is 18.0 Å². The van der Waals surface area contributed by atoms with E-state index >= 15 is 0 Å². The first-order chi connectivity index (χ1) is 8.61. The van der Waals surface area contributed by atoms with Gasteiger partial charge in [-0.05, 0) is 38.1 Å². The van der Waals surface area contributed by atoms with Crippen LogP contribution >= 0.6 is 0 Å². The molecule has 0 saturated heterocycles. The van der Waals surface area contributed by atoms with Crippen LogP contribution in [0, 0.1) is 0 Å². The zero-order chi connectivity index (χ0) is 13.1. The summed E-state index contributed by atoms with van der Waals surface area (Å²) in [5.74, 6) is 1.80. The molecule has 0 amide bonds. The van der Waals surface area contributed by atoms with Crippen LogP contribution in [0.2, 0.25) is 0 Å². The lowest BCUT2D eigenvalue weighted by Crippen LogP contribution is -2.05. The van der Waals surface area contributed by atoms with Gasteiger partial charge in [0.1, 0.15) is 11.6 Å². The number of ether oxygens (including phenoxy) is 1. The Bertz CT molecular complexity index is 514. The molecule has 0 unspecified atom stereocenters. The molecule has 4 heteroatoms. The molecule has 0 aliphatic heterocycles. The number of hydrogen-bond acceptors (Lipinski definition) is 3. The minimum absolute atomic E-state index is 0.188. The van der Waals surface area contributed by atoms with E-state index < -0.39 is 0 Å². The van der Waals surface area contributed by atoms with Crippen molar-refractivity contribution in [1.29, 1.82) is 0 Å².